The van der Waals surface area contributed by atoms with Gasteiger partial charge in [-0.2, -0.15) is 0 Å². The molecular weight excluding hydrogens is 763 g/mol. The van der Waals surface area contributed by atoms with Crippen molar-refractivity contribution in [3.63, 3.8) is 0 Å². The number of hydrogen-bond donors (Lipinski definition) is 0. The molecule has 0 aliphatic heterocycles. The van der Waals surface area contributed by atoms with Gasteiger partial charge in [-0.25, -0.2) is 0 Å². The summed E-state index contributed by atoms with van der Waals surface area (Å²) < 4.78 is 7.41. The lowest BCUT2D eigenvalue weighted by Gasteiger charge is -2.21. The summed E-state index contributed by atoms with van der Waals surface area (Å²) in [4.78, 5) is 0. The van der Waals surface area contributed by atoms with Crippen LogP contribution in [0.3, 0.4) is 0 Å². The van der Waals surface area contributed by atoms with Crippen LogP contribution in [0.5, 0.6) is 0 Å². The number of fused-ring (bicyclic) bond motifs is 9. The summed E-state index contributed by atoms with van der Waals surface area (Å²) in [6.07, 6.45) is 0. The largest absolute Gasteiger partial charge is 0.309 e. The third-order valence-electron chi connectivity index (χ3n) is 13.0. The maximum atomic E-state index is 2.54. The van der Waals surface area contributed by atoms with Gasteiger partial charge >= 0.3 is 0 Å². The molecule has 0 saturated heterocycles. The molecule has 0 aliphatic rings. The van der Waals surface area contributed by atoms with E-state index in [2.05, 4.69) is 250 Å². The Morgan fingerprint density at radius 2 is 0.524 bits per heavy atom. The van der Waals surface area contributed by atoms with Crippen LogP contribution >= 0.6 is 0 Å². The van der Waals surface area contributed by atoms with Crippen LogP contribution in [0.25, 0.3) is 116 Å². The van der Waals surface area contributed by atoms with Gasteiger partial charge < -0.3 is 13.7 Å². The van der Waals surface area contributed by atoms with Crippen molar-refractivity contribution in [2.75, 3.05) is 0 Å². The first-order valence-electron chi connectivity index (χ1n) is 21.7. The fourth-order valence-corrected chi connectivity index (χ4v) is 10.3. The van der Waals surface area contributed by atoms with Crippen LogP contribution in [-0.4, -0.2) is 13.7 Å². The molecule has 10 aromatic carbocycles. The van der Waals surface area contributed by atoms with Gasteiger partial charge in [-0.05, 0) is 95.1 Å². The molecule has 0 spiro atoms. The smallest absolute Gasteiger partial charge is 0.0619 e. The molecule has 294 valence electrons. The fraction of sp³-hybridized carbons (Fsp3) is 0. The SMILES string of the molecule is c1ccc(-c2cc(-c3ccccc3)c(-n3c4ccc(-n5c6ccccc6c6ccccc65)cc4c4cc(-n5c6ccccc6c6ccccc65)ccc43)c(-c3ccccc3)c2)cc1. The first-order chi connectivity index (χ1) is 31.3. The van der Waals surface area contributed by atoms with E-state index in [4.69, 9.17) is 0 Å². The molecule has 0 N–H and O–H groups in total. The maximum absolute atomic E-state index is 2.54. The molecule has 0 saturated carbocycles. The summed E-state index contributed by atoms with van der Waals surface area (Å²) in [5.74, 6) is 0. The monoisotopic (exact) mass is 801 g/mol. The van der Waals surface area contributed by atoms with Crippen molar-refractivity contribution < 1.29 is 0 Å². The summed E-state index contributed by atoms with van der Waals surface area (Å²) in [5.41, 5.74) is 17.6. The summed E-state index contributed by atoms with van der Waals surface area (Å²) >= 11 is 0. The minimum Gasteiger partial charge on any atom is -0.309 e. The van der Waals surface area contributed by atoms with Crippen LogP contribution in [-0.2, 0) is 0 Å². The number of aromatic nitrogens is 3. The van der Waals surface area contributed by atoms with Gasteiger partial charge in [-0.15, -0.1) is 0 Å². The van der Waals surface area contributed by atoms with Gasteiger partial charge in [0.2, 0.25) is 0 Å². The van der Waals surface area contributed by atoms with Crippen LogP contribution < -0.4 is 0 Å². The van der Waals surface area contributed by atoms with Crippen molar-refractivity contribution >= 4 is 65.4 Å². The molecule has 0 amide bonds. The second kappa shape index (κ2) is 14.1. The van der Waals surface area contributed by atoms with Crippen molar-refractivity contribution in [2.24, 2.45) is 0 Å². The van der Waals surface area contributed by atoms with Crippen molar-refractivity contribution in [3.05, 3.63) is 237 Å². The molecule has 3 heterocycles. The van der Waals surface area contributed by atoms with Gasteiger partial charge in [0.05, 0.1) is 38.8 Å². The van der Waals surface area contributed by atoms with Crippen LogP contribution in [0, 0.1) is 0 Å². The van der Waals surface area contributed by atoms with E-state index >= 15 is 0 Å². The Hall–Kier alpha value is -8.40. The second-order valence-corrected chi connectivity index (χ2v) is 16.5. The normalized spacial score (nSPS) is 11.8. The van der Waals surface area contributed by atoms with Crippen molar-refractivity contribution in [1.82, 2.24) is 13.7 Å². The Balaban J connectivity index is 1.17. The summed E-state index contributed by atoms with van der Waals surface area (Å²) in [5, 5.41) is 7.39. The zero-order chi connectivity index (χ0) is 41.4. The van der Waals surface area contributed by atoms with E-state index < -0.39 is 0 Å². The highest BCUT2D eigenvalue weighted by Gasteiger charge is 2.24. The van der Waals surface area contributed by atoms with Crippen molar-refractivity contribution in [3.8, 4) is 50.4 Å². The Bertz CT molecular complexity index is 3550. The van der Waals surface area contributed by atoms with Crippen LogP contribution in [0.15, 0.2) is 237 Å². The molecule has 3 heteroatoms. The van der Waals surface area contributed by atoms with Gasteiger partial charge in [0.15, 0.2) is 0 Å². The predicted molar refractivity (Wildman–Crippen MR) is 266 cm³/mol. The van der Waals surface area contributed by atoms with Gasteiger partial charge in [0.25, 0.3) is 0 Å². The Morgan fingerprint density at radius 1 is 0.206 bits per heavy atom. The number of nitrogens with zero attached hydrogens (tertiary/aromatic N) is 3. The maximum Gasteiger partial charge on any atom is 0.0619 e. The Morgan fingerprint density at radius 3 is 0.905 bits per heavy atom. The van der Waals surface area contributed by atoms with Gasteiger partial charge in [0, 0.05) is 54.8 Å². The second-order valence-electron chi connectivity index (χ2n) is 16.5. The summed E-state index contributed by atoms with van der Waals surface area (Å²) in [6.45, 7) is 0. The van der Waals surface area contributed by atoms with Crippen molar-refractivity contribution in [2.45, 2.75) is 0 Å². The van der Waals surface area contributed by atoms with Gasteiger partial charge in [-0.3, -0.25) is 0 Å². The standard InChI is InChI=1S/C60H39N3/c1-4-18-40(19-5-1)43-36-50(41-20-6-2-7-21-41)60(51(37-43)42-22-8-3-9-23-42)63-58-34-32-44(61-54-28-14-10-24-46(54)47-25-11-15-29-55(47)61)38-52(58)53-39-45(33-35-59(53)63)62-56-30-16-12-26-48(56)49-27-13-17-31-57(49)62/h1-39H. The Labute approximate surface area is 364 Å². The van der Waals surface area contributed by atoms with Crippen LogP contribution in [0.4, 0.5) is 0 Å². The molecule has 3 aromatic heterocycles. The average molecular weight is 802 g/mol. The van der Waals surface area contributed by atoms with E-state index in [1.54, 1.807) is 0 Å². The molecule has 0 bridgehead atoms. The molecule has 0 radical (unpaired) electrons. The quantitative estimate of drug-likeness (QED) is 0.159. The summed E-state index contributed by atoms with van der Waals surface area (Å²) in [6, 6.07) is 86.6. The van der Waals surface area contributed by atoms with Gasteiger partial charge in [0.1, 0.15) is 0 Å². The van der Waals surface area contributed by atoms with E-state index in [0.717, 1.165) is 28.1 Å². The van der Waals surface area contributed by atoms with Crippen LogP contribution in [0.2, 0.25) is 0 Å². The fourth-order valence-electron chi connectivity index (χ4n) is 10.3. The lowest BCUT2D eigenvalue weighted by molar-refractivity contribution is 1.16. The highest BCUT2D eigenvalue weighted by Crippen LogP contribution is 2.45. The van der Waals surface area contributed by atoms with E-state index in [-0.39, 0.29) is 0 Å². The molecule has 0 fully saturated rings. The molecular formula is C60H39N3. The first-order valence-corrected chi connectivity index (χ1v) is 21.7. The predicted octanol–water partition coefficient (Wildman–Crippen LogP) is 16.0. The number of rotatable bonds is 6. The minimum absolute atomic E-state index is 1.13. The van der Waals surface area contributed by atoms with Crippen molar-refractivity contribution in [1.29, 1.82) is 0 Å². The third kappa shape index (κ3) is 5.46. The third-order valence-corrected chi connectivity index (χ3v) is 13.0. The molecule has 63 heavy (non-hydrogen) atoms. The molecule has 0 atom stereocenters. The van der Waals surface area contributed by atoms with E-state index in [1.165, 1.54) is 87.8 Å². The highest BCUT2D eigenvalue weighted by atomic mass is 15.0. The summed E-state index contributed by atoms with van der Waals surface area (Å²) in [7, 11) is 0. The average Bonchev–Trinajstić information content (AvgIpc) is 3.99. The first kappa shape index (κ1) is 35.4. The van der Waals surface area contributed by atoms with E-state index in [0.29, 0.717) is 0 Å². The van der Waals surface area contributed by atoms with Gasteiger partial charge in [-0.1, -0.05) is 164 Å². The molecule has 3 nitrogen and oxygen atoms in total. The zero-order valence-electron chi connectivity index (χ0n) is 34.4. The number of para-hydroxylation sites is 4. The minimum atomic E-state index is 1.13. The highest BCUT2D eigenvalue weighted by molar-refractivity contribution is 6.15. The molecule has 0 unspecified atom stereocenters. The lowest BCUT2D eigenvalue weighted by Crippen LogP contribution is -2.02. The van der Waals surface area contributed by atoms with E-state index in [1.807, 2.05) is 0 Å². The molecule has 13 rings (SSSR count). The van der Waals surface area contributed by atoms with Crippen LogP contribution in [0.1, 0.15) is 0 Å². The lowest BCUT2D eigenvalue weighted by atomic mass is 9.90. The van der Waals surface area contributed by atoms with E-state index in [9.17, 15) is 0 Å². The number of benzene rings is 10. The number of hydrogen-bond acceptors (Lipinski definition) is 0. The zero-order valence-corrected chi connectivity index (χ0v) is 34.4. The Kier molecular flexibility index (Phi) is 7.91. The topological polar surface area (TPSA) is 14.8 Å². The molecule has 0 aliphatic carbocycles. The molecule has 13 aromatic rings.